The van der Waals surface area contributed by atoms with E-state index in [0.717, 1.165) is 41.8 Å². The Labute approximate surface area is 161 Å². The fourth-order valence-electron chi connectivity index (χ4n) is 4.23. The number of rotatable bonds is 3. The summed E-state index contributed by atoms with van der Waals surface area (Å²) in [6, 6.07) is 7.86. The number of amides is 1. The predicted molar refractivity (Wildman–Crippen MR) is 102 cm³/mol. The van der Waals surface area contributed by atoms with Gasteiger partial charge in [-0.15, -0.1) is 0 Å². The van der Waals surface area contributed by atoms with Crippen molar-refractivity contribution in [3.63, 3.8) is 0 Å². The van der Waals surface area contributed by atoms with Crippen molar-refractivity contribution < 1.29 is 14.3 Å². The van der Waals surface area contributed by atoms with Gasteiger partial charge in [-0.3, -0.25) is 14.8 Å². The van der Waals surface area contributed by atoms with Crippen LogP contribution in [0.15, 0.2) is 30.3 Å². The molecule has 2 aliphatic heterocycles. The number of carbonyl (C=O) groups excluding carboxylic acids is 1. The summed E-state index contributed by atoms with van der Waals surface area (Å²) in [5.74, 6) is -0.648. The third-order valence-corrected chi connectivity index (χ3v) is 5.74. The van der Waals surface area contributed by atoms with Gasteiger partial charge in [0.15, 0.2) is 0 Å². The number of aromatic hydroxyl groups is 1. The number of fused-ring (bicyclic) bond motifs is 2. The molecular formula is C21H21FN4O2. The minimum absolute atomic E-state index is 0.0844. The molecule has 0 unspecified atom stereocenters. The van der Waals surface area contributed by atoms with E-state index in [2.05, 4.69) is 15.1 Å². The van der Waals surface area contributed by atoms with E-state index in [9.17, 15) is 14.3 Å². The molecule has 1 saturated heterocycles. The molecule has 3 heterocycles. The summed E-state index contributed by atoms with van der Waals surface area (Å²) in [4.78, 5) is 17.1. The molecule has 0 aliphatic carbocycles. The van der Waals surface area contributed by atoms with E-state index in [1.807, 2.05) is 0 Å². The van der Waals surface area contributed by atoms with Crippen molar-refractivity contribution in [1.82, 2.24) is 20.0 Å². The lowest BCUT2D eigenvalue weighted by Gasteiger charge is -2.17. The molecule has 7 heteroatoms. The number of halogens is 1. The van der Waals surface area contributed by atoms with Crippen molar-refractivity contribution in [2.24, 2.45) is 0 Å². The highest BCUT2D eigenvalue weighted by molar-refractivity contribution is 6.01. The highest BCUT2D eigenvalue weighted by atomic mass is 19.1. The van der Waals surface area contributed by atoms with Crippen LogP contribution < -0.4 is 0 Å². The van der Waals surface area contributed by atoms with Crippen LogP contribution in [0.3, 0.4) is 0 Å². The van der Waals surface area contributed by atoms with E-state index < -0.39 is 0 Å². The first kappa shape index (κ1) is 17.2. The molecule has 0 spiro atoms. The molecule has 1 amide bonds. The lowest BCUT2D eigenvalue weighted by molar-refractivity contribution is 0.0748. The molecule has 6 nitrogen and oxygen atoms in total. The topological polar surface area (TPSA) is 72.5 Å². The molecule has 1 fully saturated rings. The van der Waals surface area contributed by atoms with Gasteiger partial charge >= 0.3 is 0 Å². The first-order chi connectivity index (χ1) is 13.6. The molecule has 3 aromatic rings. The molecular weight excluding hydrogens is 359 g/mol. The molecule has 0 atom stereocenters. The summed E-state index contributed by atoms with van der Waals surface area (Å²) in [7, 11) is 0. The molecule has 0 bridgehead atoms. The molecule has 5 rings (SSSR count). The zero-order chi connectivity index (χ0) is 19.3. The minimum Gasteiger partial charge on any atom is -0.507 e. The SMILES string of the molecule is O=C(c1cc2c(CN3CCCC3)[nH]nc2cc1O)N1Cc2ccc(F)cc2C1. The average molecular weight is 380 g/mol. The van der Waals surface area contributed by atoms with Gasteiger partial charge < -0.3 is 10.0 Å². The third kappa shape index (κ3) is 2.92. The Hall–Kier alpha value is -2.93. The van der Waals surface area contributed by atoms with Crippen molar-refractivity contribution in [1.29, 1.82) is 0 Å². The number of phenols is 1. The summed E-state index contributed by atoms with van der Waals surface area (Å²) in [5, 5.41) is 18.6. The lowest BCUT2D eigenvalue weighted by Crippen LogP contribution is -2.25. The summed E-state index contributed by atoms with van der Waals surface area (Å²) < 4.78 is 13.5. The number of aromatic nitrogens is 2. The summed E-state index contributed by atoms with van der Waals surface area (Å²) in [6.07, 6.45) is 2.40. The van der Waals surface area contributed by atoms with Crippen LogP contribution in [0, 0.1) is 5.82 Å². The second-order valence-corrected chi connectivity index (χ2v) is 7.65. The number of hydrogen-bond donors (Lipinski definition) is 2. The van der Waals surface area contributed by atoms with Crippen molar-refractivity contribution in [2.45, 2.75) is 32.5 Å². The number of nitrogens with zero attached hydrogens (tertiary/aromatic N) is 3. The van der Waals surface area contributed by atoms with Crippen molar-refractivity contribution in [3.8, 4) is 5.75 Å². The number of benzene rings is 2. The molecule has 0 radical (unpaired) electrons. The molecule has 0 saturated carbocycles. The zero-order valence-corrected chi connectivity index (χ0v) is 15.4. The molecule has 2 aromatic carbocycles. The molecule has 2 aliphatic rings. The predicted octanol–water partition coefficient (Wildman–Crippen LogP) is 3.16. The van der Waals surface area contributed by atoms with Crippen LogP contribution in [-0.4, -0.2) is 44.1 Å². The van der Waals surface area contributed by atoms with Gasteiger partial charge in [0.05, 0.1) is 16.8 Å². The smallest absolute Gasteiger partial charge is 0.258 e. The van der Waals surface area contributed by atoms with Crippen LogP contribution in [0.4, 0.5) is 4.39 Å². The van der Waals surface area contributed by atoms with E-state index >= 15 is 0 Å². The van der Waals surface area contributed by atoms with E-state index in [-0.39, 0.29) is 23.0 Å². The summed E-state index contributed by atoms with van der Waals surface area (Å²) in [5.41, 5.74) is 3.61. The van der Waals surface area contributed by atoms with E-state index in [1.165, 1.54) is 31.0 Å². The van der Waals surface area contributed by atoms with Crippen LogP contribution in [0.25, 0.3) is 10.9 Å². The second-order valence-electron chi connectivity index (χ2n) is 7.65. The second kappa shape index (κ2) is 6.60. The maximum Gasteiger partial charge on any atom is 0.258 e. The number of hydrogen-bond acceptors (Lipinski definition) is 4. The number of nitrogens with one attached hydrogen (secondary N) is 1. The third-order valence-electron chi connectivity index (χ3n) is 5.74. The Balaban J connectivity index is 1.45. The largest absolute Gasteiger partial charge is 0.507 e. The number of likely N-dealkylation sites (tertiary alicyclic amines) is 1. The fourth-order valence-corrected chi connectivity index (χ4v) is 4.23. The van der Waals surface area contributed by atoms with Crippen LogP contribution >= 0.6 is 0 Å². The van der Waals surface area contributed by atoms with Crippen LogP contribution in [0.1, 0.15) is 40.0 Å². The van der Waals surface area contributed by atoms with Gasteiger partial charge in [0, 0.05) is 31.1 Å². The van der Waals surface area contributed by atoms with Gasteiger partial charge in [-0.25, -0.2) is 4.39 Å². The van der Waals surface area contributed by atoms with Gasteiger partial charge in [0.25, 0.3) is 5.91 Å². The Morgan fingerprint density at radius 1 is 1.14 bits per heavy atom. The van der Waals surface area contributed by atoms with E-state index in [1.54, 1.807) is 17.0 Å². The number of H-pyrrole nitrogens is 1. The Morgan fingerprint density at radius 3 is 2.75 bits per heavy atom. The van der Waals surface area contributed by atoms with Gasteiger partial charge in [0.2, 0.25) is 0 Å². The van der Waals surface area contributed by atoms with Crippen molar-refractivity contribution >= 4 is 16.8 Å². The molecule has 144 valence electrons. The Kier molecular flexibility index (Phi) is 4.05. The van der Waals surface area contributed by atoms with Gasteiger partial charge in [-0.1, -0.05) is 6.07 Å². The fraction of sp³-hybridized carbons (Fsp3) is 0.333. The first-order valence-electron chi connectivity index (χ1n) is 9.57. The molecule has 1 aromatic heterocycles. The maximum atomic E-state index is 13.5. The lowest BCUT2D eigenvalue weighted by atomic mass is 10.1. The van der Waals surface area contributed by atoms with Crippen molar-refractivity contribution in [2.75, 3.05) is 13.1 Å². The summed E-state index contributed by atoms with van der Waals surface area (Å²) >= 11 is 0. The van der Waals surface area contributed by atoms with Crippen molar-refractivity contribution in [3.05, 3.63) is 58.5 Å². The van der Waals surface area contributed by atoms with Gasteiger partial charge in [0.1, 0.15) is 11.6 Å². The summed E-state index contributed by atoms with van der Waals surface area (Å²) in [6.45, 7) is 3.64. The van der Waals surface area contributed by atoms with Crippen LogP contribution in [0.5, 0.6) is 5.75 Å². The van der Waals surface area contributed by atoms with Crippen LogP contribution in [-0.2, 0) is 19.6 Å². The van der Waals surface area contributed by atoms with E-state index in [4.69, 9.17) is 0 Å². The quantitative estimate of drug-likeness (QED) is 0.732. The van der Waals surface area contributed by atoms with Gasteiger partial charge in [-0.2, -0.15) is 5.10 Å². The number of phenolic OH excluding ortho intramolecular Hbond substituents is 1. The Morgan fingerprint density at radius 2 is 1.93 bits per heavy atom. The molecule has 2 N–H and O–H groups in total. The monoisotopic (exact) mass is 380 g/mol. The highest BCUT2D eigenvalue weighted by Crippen LogP contribution is 2.31. The first-order valence-corrected chi connectivity index (χ1v) is 9.57. The standard InChI is InChI=1S/C21H21FN4O2/c22-15-4-3-13-10-26(11-14(13)7-15)21(28)17-8-16-18(9-20(17)27)23-24-19(16)12-25-5-1-2-6-25/h3-4,7-9,27H,1-2,5-6,10-12H2,(H,23,24). The van der Waals surface area contributed by atoms with E-state index in [0.29, 0.717) is 18.6 Å². The normalized spacial score (nSPS) is 16.8. The molecule has 28 heavy (non-hydrogen) atoms. The number of aromatic amines is 1. The average Bonchev–Trinajstić information content (AvgIpc) is 3.41. The zero-order valence-electron chi connectivity index (χ0n) is 15.4. The van der Waals surface area contributed by atoms with Crippen LogP contribution in [0.2, 0.25) is 0 Å². The maximum absolute atomic E-state index is 13.5. The Bertz CT molecular complexity index is 1070. The van der Waals surface area contributed by atoms with Gasteiger partial charge in [-0.05, 0) is 55.3 Å². The number of carbonyl (C=O) groups is 1. The highest BCUT2D eigenvalue weighted by Gasteiger charge is 2.27. The minimum atomic E-state index is -0.303.